The van der Waals surface area contributed by atoms with E-state index in [2.05, 4.69) is 66.6 Å². The Morgan fingerprint density at radius 2 is 1.14 bits per heavy atom. The van der Waals surface area contributed by atoms with Crippen LogP contribution < -0.4 is 11.7 Å². The molecule has 0 saturated heterocycles. The van der Waals surface area contributed by atoms with Crippen LogP contribution in [0.3, 0.4) is 0 Å². The summed E-state index contributed by atoms with van der Waals surface area (Å²) in [5.74, 6) is 10.5. The molecule has 4 aromatic carbocycles. The van der Waals surface area contributed by atoms with E-state index in [1.165, 1.54) is 12.1 Å². The molecular formula is C49H48F3IrN6. The fraction of sp³-hybridized carbons (Fsp3) is 0.102. The zero-order chi connectivity index (χ0) is 43.0. The number of hydrazone groups is 2. The number of alkyl halides is 3. The molecule has 304 valence electrons. The van der Waals surface area contributed by atoms with Gasteiger partial charge in [-0.1, -0.05) is 114 Å². The minimum absolute atomic E-state index is 0. The number of hydrogen-bond acceptors (Lipinski definition) is 6. The van der Waals surface area contributed by atoms with Gasteiger partial charge in [0.2, 0.25) is 0 Å². The Kier molecular flexibility index (Phi) is 19.0. The van der Waals surface area contributed by atoms with Gasteiger partial charge in [0.15, 0.2) is 0 Å². The maximum Gasteiger partial charge on any atom is 3.00 e. The molecule has 0 spiro atoms. The third-order valence-electron chi connectivity index (χ3n) is 8.42. The summed E-state index contributed by atoms with van der Waals surface area (Å²) in [5.41, 5.74) is 8.51. The quantitative estimate of drug-likeness (QED) is 0.0363. The number of aromatic nitrogens is 2. The van der Waals surface area contributed by atoms with Crippen LogP contribution in [-0.2, 0) is 26.3 Å². The zero-order valence-corrected chi connectivity index (χ0v) is 36.1. The standard InChI is InChI=1S/C25H14F3N2.2C12H17N2.Ir/c26-25(27,28)20-12-10-17(11-13-20)24-22-15-19-9-5-4-8-18(19)14-21(22)23(29-30-24)16-6-2-1-3-7-16;2*1-6-7-10(4)8-11(5)12(14-13)9(2)3;/h1-6,8-15H;2*6-8H,1-3,13H2,4-5H3;/q3*-1;+3/b;2*10-7+,11-8+,14-12-;. The van der Waals surface area contributed by atoms with E-state index < -0.39 is 11.7 Å². The Morgan fingerprint density at radius 3 is 1.53 bits per heavy atom. The van der Waals surface area contributed by atoms with E-state index in [0.29, 0.717) is 39.5 Å². The number of nitrogens with two attached hydrogens (primary N) is 2. The Labute approximate surface area is 359 Å². The molecule has 0 unspecified atom stereocenters. The first-order valence-electron chi connectivity index (χ1n) is 17.9. The van der Waals surface area contributed by atoms with Gasteiger partial charge in [-0.2, -0.15) is 61.5 Å². The van der Waals surface area contributed by atoms with E-state index in [-0.39, 0.29) is 20.1 Å². The van der Waals surface area contributed by atoms with Crippen LogP contribution in [0.4, 0.5) is 13.2 Å². The maximum absolute atomic E-state index is 13.0. The first-order valence-corrected chi connectivity index (χ1v) is 17.9. The SMILES string of the molecule is C=C/C=C(C)/C=C(C)/C(=N\N)C(=C)[CH2-].C=C/C=C(C)/C=C(C)/C(=N\N)C(=C)[CH2-].FC(F)(F)c1ccc(-c2nnc(-c3[c-]cccc3)c3cc4ccccc4cc23)cc1.[Ir+3]. The predicted octanol–water partition coefficient (Wildman–Crippen LogP) is 12.5. The molecule has 5 aromatic rings. The third kappa shape index (κ3) is 13.8. The van der Waals surface area contributed by atoms with Crippen LogP contribution in [0.15, 0.2) is 191 Å². The summed E-state index contributed by atoms with van der Waals surface area (Å²) in [6.45, 7) is 29.8. The topological polar surface area (TPSA) is 103 Å². The van der Waals surface area contributed by atoms with Crippen LogP contribution in [0.2, 0.25) is 0 Å². The molecule has 0 fully saturated rings. The molecule has 1 aromatic heterocycles. The molecule has 0 aliphatic rings. The molecule has 0 aliphatic heterocycles. The predicted molar refractivity (Wildman–Crippen MR) is 239 cm³/mol. The Hall–Kier alpha value is -6.48. The number of fused-ring (bicyclic) bond motifs is 2. The van der Waals surface area contributed by atoms with E-state index in [4.69, 9.17) is 11.7 Å². The molecule has 0 saturated carbocycles. The normalized spacial score (nSPS) is 12.7. The summed E-state index contributed by atoms with van der Waals surface area (Å²) < 4.78 is 38.9. The molecule has 0 radical (unpaired) electrons. The van der Waals surface area contributed by atoms with Gasteiger partial charge >= 0.3 is 26.3 Å². The summed E-state index contributed by atoms with van der Waals surface area (Å²) in [6.07, 6.45) is 6.82. The van der Waals surface area contributed by atoms with Crippen LogP contribution in [0.5, 0.6) is 0 Å². The maximum atomic E-state index is 13.0. The monoisotopic (exact) mass is 970 g/mol. The van der Waals surface area contributed by atoms with Crippen molar-refractivity contribution in [2.75, 3.05) is 0 Å². The molecule has 0 amide bonds. The van der Waals surface area contributed by atoms with Crippen LogP contribution >= 0.6 is 0 Å². The zero-order valence-electron chi connectivity index (χ0n) is 33.7. The van der Waals surface area contributed by atoms with Gasteiger partial charge in [0.25, 0.3) is 0 Å². The van der Waals surface area contributed by atoms with Gasteiger partial charge in [-0.3, -0.25) is 0 Å². The van der Waals surface area contributed by atoms with Crippen molar-refractivity contribution >= 4 is 33.0 Å². The second-order valence-electron chi connectivity index (χ2n) is 13.1. The van der Waals surface area contributed by atoms with Gasteiger partial charge in [-0.25, -0.2) is 10.2 Å². The fourth-order valence-electron chi connectivity index (χ4n) is 5.84. The van der Waals surface area contributed by atoms with Crippen molar-refractivity contribution in [1.29, 1.82) is 0 Å². The molecular weight excluding hydrogens is 922 g/mol. The van der Waals surface area contributed by atoms with E-state index in [1.54, 1.807) is 12.2 Å². The second kappa shape index (κ2) is 23.1. The van der Waals surface area contributed by atoms with E-state index in [0.717, 1.165) is 61.5 Å². The van der Waals surface area contributed by atoms with Crippen molar-refractivity contribution in [3.8, 4) is 22.5 Å². The summed E-state index contributed by atoms with van der Waals surface area (Å²) in [6, 6.07) is 27.7. The second-order valence-corrected chi connectivity index (χ2v) is 13.1. The molecule has 6 nitrogen and oxygen atoms in total. The Bertz CT molecular complexity index is 2400. The Balaban J connectivity index is 0.000000350. The summed E-state index contributed by atoms with van der Waals surface area (Å²) >= 11 is 0. The van der Waals surface area contributed by atoms with Crippen molar-refractivity contribution in [3.63, 3.8) is 0 Å². The number of benzene rings is 4. The van der Waals surface area contributed by atoms with Gasteiger partial charge in [-0.05, 0) is 73.5 Å². The minimum Gasteiger partial charge on any atom is -0.335 e. The average molecular weight is 970 g/mol. The number of hydrogen-bond donors (Lipinski definition) is 2. The van der Waals surface area contributed by atoms with E-state index in [9.17, 15) is 13.2 Å². The van der Waals surface area contributed by atoms with Gasteiger partial charge in [0.05, 0.1) is 11.3 Å². The number of allylic oxidation sites excluding steroid dienone is 12. The molecule has 1 heterocycles. The summed E-state index contributed by atoms with van der Waals surface area (Å²) in [4.78, 5) is 0. The van der Waals surface area contributed by atoms with Gasteiger partial charge in [0.1, 0.15) is 0 Å². The van der Waals surface area contributed by atoms with Crippen LogP contribution in [0.1, 0.15) is 33.3 Å². The van der Waals surface area contributed by atoms with Crippen LogP contribution in [-0.4, -0.2) is 21.6 Å². The molecule has 4 N–H and O–H groups in total. The first-order chi connectivity index (χ1) is 27.6. The fourth-order valence-corrected chi connectivity index (χ4v) is 5.84. The van der Waals surface area contributed by atoms with Crippen molar-refractivity contribution in [2.45, 2.75) is 33.9 Å². The smallest absolute Gasteiger partial charge is 0.335 e. The van der Waals surface area contributed by atoms with Crippen LogP contribution in [0.25, 0.3) is 44.1 Å². The minimum atomic E-state index is -4.38. The van der Waals surface area contributed by atoms with Gasteiger partial charge < -0.3 is 11.7 Å². The first kappa shape index (κ1) is 48.7. The number of rotatable bonds is 10. The number of halogens is 3. The Morgan fingerprint density at radius 1 is 0.695 bits per heavy atom. The van der Waals surface area contributed by atoms with Crippen molar-refractivity contribution in [2.24, 2.45) is 21.9 Å². The summed E-state index contributed by atoms with van der Waals surface area (Å²) in [5, 5.41) is 19.9. The molecule has 5 rings (SSSR count). The van der Waals surface area contributed by atoms with Crippen molar-refractivity contribution in [1.82, 2.24) is 10.2 Å². The van der Waals surface area contributed by atoms with Crippen molar-refractivity contribution in [3.05, 3.63) is 207 Å². The van der Waals surface area contributed by atoms with Gasteiger partial charge in [0, 0.05) is 16.6 Å². The molecule has 10 heteroatoms. The average Bonchev–Trinajstić information content (AvgIpc) is 3.17. The molecule has 59 heavy (non-hydrogen) atoms. The third-order valence-corrected chi connectivity index (χ3v) is 8.42. The van der Waals surface area contributed by atoms with Gasteiger partial charge in [-0.15, -0.1) is 35.9 Å². The molecule has 0 atom stereocenters. The largest absolute Gasteiger partial charge is 3.00 e. The summed E-state index contributed by atoms with van der Waals surface area (Å²) in [7, 11) is 0. The van der Waals surface area contributed by atoms with E-state index in [1.807, 2.05) is 113 Å². The van der Waals surface area contributed by atoms with Crippen molar-refractivity contribution < 1.29 is 33.3 Å². The van der Waals surface area contributed by atoms with E-state index >= 15 is 0 Å². The molecule has 0 bridgehead atoms. The number of nitrogens with zero attached hydrogens (tertiary/aromatic N) is 4. The van der Waals surface area contributed by atoms with Crippen LogP contribution in [0, 0.1) is 19.9 Å². The molecule has 0 aliphatic carbocycles.